The van der Waals surface area contributed by atoms with Crippen LogP contribution in [0.1, 0.15) is 36.0 Å². The number of rotatable bonds is 3. The summed E-state index contributed by atoms with van der Waals surface area (Å²) >= 11 is 0. The van der Waals surface area contributed by atoms with E-state index in [1.807, 2.05) is 24.3 Å². The number of piperidine rings is 1. The number of aliphatic carboxylic acids is 1. The number of carboxylic acid groups (broad SMARTS) is 1. The lowest BCUT2D eigenvalue weighted by Gasteiger charge is -2.57. The summed E-state index contributed by atoms with van der Waals surface area (Å²) in [6, 6.07) is 13.9. The first-order valence-electron chi connectivity index (χ1n) is 11.3. The first kappa shape index (κ1) is 21.0. The maximum absolute atomic E-state index is 12.6. The van der Waals surface area contributed by atoms with Crippen LogP contribution in [0.2, 0.25) is 0 Å². The second-order valence-corrected chi connectivity index (χ2v) is 9.34. The minimum absolute atomic E-state index is 0.0933. The Kier molecular flexibility index (Phi) is 5.20. The Labute approximate surface area is 188 Å². The minimum Gasteiger partial charge on any atom is -0.493 e. The van der Waals surface area contributed by atoms with Gasteiger partial charge in [0.2, 0.25) is 0 Å². The molecule has 2 heterocycles. The SMILES string of the molecule is COc1ccc2c3c1O[C@H]1C(=O)CC[C@H]4[C@@H](C2)N(C)CC[C@]314.O=C(O)Cc1ccccc1. The number of carboxylic acids is 1. The average Bonchev–Trinajstić information content (AvgIpc) is 3.14. The number of hydrogen-bond donors (Lipinski definition) is 1. The monoisotopic (exact) mass is 435 g/mol. The van der Waals surface area contributed by atoms with Gasteiger partial charge in [-0.15, -0.1) is 0 Å². The Balaban J connectivity index is 0.000000183. The van der Waals surface area contributed by atoms with Gasteiger partial charge in [-0.2, -0.15) is 0 Å². The number of nitrogens with zero attached hydrogens (tertiary/aromatic N) is 1. The molecule has 2 bridgehead atoms. The number of carbonyl (C=O) groups is 2. The van der Waals surface area contributed by atoms with E-state index < -0.39 is 5.97 Å². The number of ether oxygens (including phenoxy) is 2. The molecule has 4 aliphatic rings. The predicted octanol–water partition coefficient (Wildman–Crippen LogP) is 3.25. The highest BCUT2D eigenvalue weighted by molar-refractivity contribution is 5.89. The summed E-state index contributed by atoms with van der Waals surface area (Å²) in [6.45, 7) is 1.05. The summed E-state index contributed by atoms with van der Waals surface area (Å²) in [5, 5.41) is 8.37. The van der Waals surface area contributed by atoms with Crippen molar-refractivity contribution in [2.24, 2.45) is 5.92 Å². The van der Waals surface area contributed by atoms with Gasteiger partial charge in [-0.3, -0.25) is 9.59 Å². The zero-order valence-corrected chi connectivity index (χ0v) is 18.5. The minimum atomic E-state index is -0.786. The van der Waals surface area contributed by atoms with E-state index >= 15 is 0 Å². The van der Waals surface area contributed by atoms with E-state index in [1.54, 1.807) is 19.2 Å². The molecule has 1 N–H and O–H groups in total. The number of ketones is 1. The van der Waals surface area contributed by atoms with Crippen molar-refractivity contribution < 1.29 is 24.2 Å². The molecule has 1 spiro atoms. The van der Waals surface area contributed by atoms with Crippen molar-refractivity contribution in [2.45, 2.75) is 49.7 Å². The van der Waals surface area contributed by atoms with E-state index in [-0.39, 0.29) is 23.7 Å². The Morgan fingerprint density at radius 1 is 1.25 bits per heavy atom. The van der Waals surface area contributed by atoms with Gasteiger partial charge in [0, 0.05) is 23.4 Å². The van der Waals surface area contributed by atoms with Gasteiger partial charge in [-0.05, 0) is 56.0 Å². The third kappa shape index (κ3) is 3.12. The van der Waals surface area contributed by atoms with Gasteiger partial charge in [0.1, 0.15) is 0 Å². The van der Waals surface area contributed by atoms with Crippen LogP contribution in [0.15, 0.2) is 42.5 Å². The molecule has 6 heteroatoms. The molecule has 1 saturated heterocycles. The normalized spacial score (nSPS) is 29.3. The van der Waals surface area contributed by atoms with Crippen molar-refractivity contribution >= 4 is 11.8 Å². The largest absolute Gasteiger partial charge is 0.493 e. The molecule has 2 aromatic rings. The molecule has 0 unspecified atom stereocenters. The third-order valence-corrected chi connectivity index (χ3v) is 7.79. The van der Waals surface area contributed by atoms with Crippen molar-refractivity contribution in [1.29, 1.82) is 0 Å². The van der Waals surface area contributed by atoms with E-state index in [2.05, 4.69) is 18.0 Å². The standard InChI is InChI=1S/C18H21NO3.C8H8O2/c1-19-8-7-18-11-4-5-13(20)17(18)22-16-14(21-2)6-3-10(15(16)18)9-12(11)19;9-8(10)6-7-4-2-1-3-5-7/h3,6,11-12,17H,4-5,7-9H2,1-2H3;1-5H,6H2,(H,9,10)/t11-,12+,17-,18-;/m0./s1. The van der Waals surface area contributed by atoms with Crippen LogP contribution in [0.25, 0.3) is 0 Å². The number of carbonyl (C=O) groups excluding carboxylic acids is 1. The summed E-state index contributed by atoms with van der Waals surface area (Å²) in [4.78, 5) is 25.3. The summed E-state index contributed by atoms with van der Waals surface area (Å²) in [6.07, 6.45) is 3.58. The number of benzene rings is 2. The molecule has 6 nitrogen and oxygen atoms in total. The predicted molar refractivity (Wildman–Crippen MR) is 119 cm³/mol. The van der Waals surface area contributed by atoms with Crippen LogP contribution in [0.3, 0.4) is 0 Å². The molecule has 1 saturated carbocycles. The van der Waals surface area contributed by atoms with Crippen LogP contribution in [0, 0.1) is 5.92 Å². The highest BCUT2D eigenvalue weighted by atomic mass is 16.5. The Morgan fingerprint density at radius 2 is 2.03 bits per heavy atom. The summed E-state index contributed by atoms with van der Waals surface area (Å²) in [7, 11) is 3.91. The van der Waals surface area contributed by atoms with Crippen LogP contribution in [-0.2, 0) is 27.8 Å². The fourth-order valence-electron chi connectivity index (χ4n) is 6.44. The number of likely N-dealkylation sites (N-methyl/N-ethyl adjacent to an activating group) is 1. The first-order valence-corrected chi connectivity index (χ1v) is 11.3. The molecule has 2 aromatic carbocycles. The third-order valence-electron chi connectivity index (χ3n) is 7.79. The molecule has 4 atom stereocenters. The lowest BCUT2D eigenvalue weighted by Crippen LogP contribution is -2.65. The molecule has 2 fully saturated rings. The van der Waals surface area contributed by atoms with Crippen LogP contribution in [0.4, 0.5) is 0 Å². The Hall–Kier alpha value is -2.86. The van der Waals surface area contributed by atoms with Crippen LogP contribution in [-0.4, -0.2) is 54.6 Å². The lowest BCUT2D eigenvalue weighted by atomic mass is 9.52. The first-order chi connectivity index (χ1) is 15.5. The number of Topliss-reactive ketones (excluding diaryl/α,β-unsaturated/α-hetero) is 1. The average molecular weight is 436 g/mol. The number of hydrogen-bond acceptors (Lipinski definition) is 5. The van der Waals surface area contributed by atoms with Gasteiger partial charge in [-0.1, -0.05) is 36.4 Å². The highest BCUT2D eigenvalue weighted by Gasteiger charge is 2.65. The topological polar surface area (TPSA) is 76.1 Å². The fourth-order valence-corrected chi connectivity index (χ4v) is 6.44. The highest BCUT2D eigenvalue weighted by Crippen LogP contribution is 2.63. The molecular formula is C26H29NO5. The van der Waals surface area contributed by atoms with Crippen molar-refractivity contribution in [3.05, 3.63) is 59.2 Å². The summed E-state index contributed by atoms with van der Waals surface area (Å²) < 4.78 is 11.8. The van der Waals surface area contributed by atoms with Gasteiger partial charge < -0.3 is 19.5 Å². The number of likely N-dealkylation sites (tertiary alicyclic amines) is 1. The smallest absolute Gasteiger partial charge is 0.307 e. The molecule has 0 aromatic heterocycles. The zero-order chi connectivity index (χ0) is 22.5. The second kappa shape index (κ2) is 7.93. The van der Waals surface area contributed by atoms with E-state index in [0.717, 1.165) is 42.9 Å². The second-order valence-electron chi connectivity index (χ2n) is 9.34. The summed E-state index contributed by atoms with van der Waals surface area (Å²) in [5.74, 6) is 1.67. The maximum Gasteiger partial charge on any atom is 0.307 e. The van der Waals surface area contributed by atoms with E-state index in [4.69, 9.17) is 14.6 Å². The van der Waals surface area contributed by atoms with Gasteiger partial charge in [-0.25, -0.2) is 0 Å². The van der Waals surface area contributed by atoms with Crippen LogP contribution < -0.4 is 9.47 Å². The van der Waals surface area contributed by atoms with Gasteiger partial charge in [0.05, 0.1) is 13.5 Å². The molecule has 2 aliphatic carbocycles. The fraction of sp³-hybridized carbons (Fsp3) is 0.462. The van der Waals surface area contributed by atoms with Crippen molar-refractivity contribution in [3.63, 3.8) is 0 Å². The molecule has 32 heavy (non-hydrogen) atoms. The molecule has 6 rings (SSSR count). The quantitative estimate of drug-likeness (QED) is 0.798. The van der Waals surface area contributed by atoms with E-state index in [1.165, 1.54) is 11.1 Å². The number of methoxy groups -OCH3 is 1. The molecule has 168 valence electrons. The van der Waals surface area contributed by atoms with E-state index in [9.17, 15) is 9.59 Å². The van der Waals surface area contributed by atoms with E-state index in [0.29, 0.717) is 18.4 Å². The van der Waals surface area contributed by atoms with Gasteiger partial charge >= 0.3 is 5.97 Å². The Bertz CT molecular complexity index is 1050. The molecular weight excluding hydrogens is 406 g/mol. The summed E-state index contributed by atoms with van der Waals surface area (Å²) in [5.41, 5.74) is 3.42. The lowest BCUT2D eigenvalue weighted by molar-refractivity contribution is -0.138. The Morgan fingerprint density at radius 3 is 2.75 bits per heavy atom. The van der Waals surface area contributed by atoms with Crippen molar-refractivity contribution in [2.75, 3.05) is 20.7 Å². The van der Waals surface area contributed by atoms with Crippen LogP contribution >= 0.6 is 0 Å². The molecule has 0 radical (unpaired) electrons. The molecule has 0 amide bonds. The molecule has 2 aliphatic heterocycles. The van der Waals surface area contributed by atoms with Gasteiger partial charge in [0.15, 0.2) is 23.4 Å². The van der Waals surface area contributed by atoms with Crippen LogP contribution in [0.5, 0.6) is 11.5 Å². The zero-order valence-electron chi connectivity index (χ0n) is 18.5. The van der Waals surface area contributed by atoms with Gasteiger partial charge in [0.25, 0.3) is 0 Å². The van der Waals surface area contributed by atoms with Crippen molar-refractivity contribution in [1.82, 2.24) is 4.90 Å². The van der Waals surface area contributed by atoms with Crippen molar-refractivity contribution in [3.8, 4) is 11.5 Å². The maximum atomic E-state index is 12.6.